The minimum Gasteiger partial charge on any atom is -0.461 e. The van der Waals surface area contributed by atoms with Crippen molar-refractivity contribution in [1.82, 2.24) is 9.97 Å². The zero-order chi connectivity index (χ0) is 20.4. The van der Waals surface area contributed by atoms with Gasteiger partial charge in [0.1, 0.15) is 11.4 Å². The molecule has 2 heterocycles. The van der Waals surface area contributed by atoms with E-state index < -0.39 is 0 Å². The first kappa shape index (κ1) is 19.8. The Morgan fingerprint density at radius 3 is 1.45 bits per heavy atom. The van der Waals surface area contributed by atoms with Crippen molar-refractivity contribution in [1.29, 1.82) is 0 Å². The molecule has 2 aromatic heterocycles. The molecule has 0 atom stereocenters. The smallest absolute Gasteiger partial charge is 0.355 e. The quantitative estimate of drug-likeness (QED) is 0.719. The molecule has 0 unspecified atom stereocenters. The Bertz CT molecular complexity index is 848. The number of hydrogen-bond acceptors (Lipinski definition) is 4. The lowest BCUT2D eigenvalue weighted by Gasteiger charge is -2.15. The maximum absolute atomic E-state index is 12.5. The van der Waals surface area contributed by atoms with Gasteiger partial charge >= 0.3 is 11.9 Å². The van der Waals surface area contributed by atoms with E-state index in [0.717, 1.165) is 73.9 Å². The number of aromatic amines is 2. The Hall–Kier alpha value is -2.50. The van der Waals surface area contributed by atoms with E-state index in [1.807, 2.05) is 13.8 Å². The average molecular weight is 399 g/mol. The molecule has 4 rings (SSSR count). The number of hydrogen-bond donors (Lipinski definition) is 2. The lowest BCUT2D eigenvalue weighted by atomic mass is 9.89. The highest BCUT2D eigenvalue weighted by Crippen LogP contribution is 2.33. The summed E-state index contributed by atoms with van der Waals surface area (Å²) < 4.78 is 10.5. The van der Waals surface area contributed by atoms with Gasteiger partial charge in [-0.15, -0.1) is 0 Å². The third-order valence-electron chi connectivity index (χ3n) is 6.13. The van der Waals surface area contributed by atoms with Crippen LogP contribution in [0.3, 0.4) is 0 Å². The van der Waals surface area contributed by atoms with E-state index in [4.69, 9.17) is 9.47 Å². The minimum atomic E-state index is -0.266. The molecule has 0 spiro atoms. The van der Waals surface area contributed by atoms with Crippen LogP contribution in [0.15, 0.2) is 0 Å². The molecule has 0 aliphatic heterocycles. The Morgan fingerprint density at radius 2 is 1.07 bits per heavy atom. The molecule has 0 saturated carbocycles. The predicted molar refractivity (Wildman–Crippen MR) is 110 cm³/mol. The SMILES string of the molecule is CCOC(=O)c1[nH]c(Cc2[nH]c(C(=O)OCC)c3c2CCCC3)c2c1CCCC2. The van der Waals surface area contributed by atoms with Gasteiger partial charge in [0, 0.05) is 17.8 Å². The first-order valence-corrected chi connectivity index (χ1v) is 10.9. The molecule has 0 amide bonds. The molecule has 156 valence electrons. The maximum atomic E-state index is 12.5. The van der Waals surface area contributed by atoms with Gasteiger partial charge in [0.25, 0.3) is 0 Å². The second-order valence-electron chi connectivity index (χ2n) is 7.90. The van der Waals surface area contributed by atoms with E-state index in [-0.39, 0.29) is 11.9 Å². The third-order valence-corrected chi connectivity index (χ3v) is 6.13. The molecule has 0 aromatic carbocycles. The van der Waals surface area contributed by atoms with E-state index in [1.54, 1.807) is 0 Å². The maximum Gasteiger partial charge on any atom is 0.355 e. The Morgan fingerprint density at radius 1 is 0.690 bits per heavy atom. The lowest BCUT2D eigenvalue weighted by molar-refractivity contribution is 0.0509. The van der Waals surface area contributed by atoms with Gasteiger partial charge in [-0.25, -0.2) is 9.59 Å². The molecule has 2 aromatic rings. The number of carbonyl (C=O) groups excluding carboxylic acids is 2. The zero-order valence-electron chi connectivity index (χ0n) is 17.4. The van der Waals surface area contributed by atoms with Gasteiger partial charge in [-0.2, -0.15) is 0 Å². The highest BCUT2D eigenvalue weighted by molar-refractivity contribution is 5.91. The number of H-pyrrole nitrogens is 2. The highest BCUT2D eigenvalue weighted by Gasteiger charge is 2.28. The fourth-order valence-electron chi connectivity index (χ4n) is 4.87. The van der Waals surface area contributed by atoms with Gasteiger partial charge in [-0.05, 0) is 87.5 Å². The van der Waals surface area contributed by atoms with Gasteiger partial charge in [0.05, 0.1) is 13.2 Å². The number of rotatable bonds is 6. The zero-order valence-corrected chi connectivity index (χ0v) is 17.4. The van der Waals surface area contributed by atoms with Crippen molar-refractivity contribution in [3.05, 3.63) is 45.0 Å². The lowest BCUT2D eigenvalue weighted by Crippen LogP contribution is -2.10. The average Bonchev–Trinajstić information content (AvgIpc) is 3.28. The molecule has 0 bridgehead atoms. The number of fused-ring (bicyclic) bond motifs is 2. The van der Waals surface area contributed by atoms with Crippen molar-refractivity contribution < 1.29 is 19.1 Å². The number of ether oxygens (including phenoxy) is 2. The van der Waals surface area contributed by atoms with E-state index in [0.29, 0.717) is 31.0 Å². The van der Waals surface area contributed by atoms with Crippen molar-refractivity contribution in [2.75, 3.05) is 13.2 Å². The molecule has 2 aliphatic rings. The van der Waals surface area contributed by atoms with Crippen LogP contribution in [0.1, 0.15) is 94.1 Å². The van der Waals surface area contributed by atoms with E-state index in [2.05, 4.69) is 9.97 Å². The standard InChI is InChI=1S/C23H30N2O4/c1-3-28-22(26)20-16-11-7-5-9-14(16)18(24-20)13-19-15-10-6-8-12-17(15)21(25-19)23(27)29-4-2/h24-25H,3-13H2,1-2H3. The summed E-state index contributed by atoms with van der Waals surface area (Å²) in [7, 11) is 0. The summed E-state index contributed by atoms with van der Waals surface area (Å²) in [6.45, 7) is 4.40. The van der Waals surface area contributed by atoms with E-state index >= 15 is 0 Å². The van der Waals surface area contributed by atoms with Crippen LogP contribution in [0.4, 0.5) is 0 Å². The number of carbonyl (C=O) groups is 2. The van der Waals surface area contributed by atoms with E-state index in [9.17, 15) is 9.59 Å². The molecule has 0 saturated heterocycles. The third kappa shape index (κ3) is 3.72. The summed E-state index contributed by atoms with van der Waals surface area (Å²) in [5, 5.41) is 0. The summed E-state index contributed by atoms with van der Waals surface area (Å²) in [4.78, 5) is 31.7. The topological polar surface area (TPSA) is 84.2 Å². The van der Waals surface area contributed by atoms with Crippen molar-refractivity contribution in [3.63, 3.8) is 0 Å². The van der Waals surface area contributed by atoms with E-state index in [1.165, 1.54) is 11.1 Å². The Kier molecular flexibility index (Phi) is 5.79. The first-order chi connectivity index (χ1) is 14.1. The van der Waals surface area contributed by atoms with Gasteiger partial charge < -0.3 is 19.4 Å². The van der Waals surface area contributed by atoms with Crippen LogP contribution in [0.5, 0.6) is 0 Å². The molecule has 29 heavy (non-hydrogen) atoms. The fraction of sp³-hybridized carbons (Fsp3) is 0.565. The first-order valence-electron chi connectivity index (χ1n) is 10.9. The molecule has 2 aliphatic carbocycles. The predicted octanol–water partition coefficient (Wildman–Crippen LogP) is 4.04. The van der Waals surface area contributed by atoms with Crippen molar-refractivity contribution >= 4 is 11.9 Å². The van der Waals surface area contributed by atoms with Crippen LogP contribution in [-0.4, -0.2) is 35.1 Å². The van der Waals surface area contributed by atoms with Crippen LogP contribution in [0, 0.1) is 0 Å². The number of aromatic nitrogens is 2. The molecule has 6 heteroatoms. The summed E-state index contributed by atoms with van der Waals surface area (Å²) in [6, 6.07) is 0. The van der Waals surface area contributed by atoms with Crippen LogP contribution < -0.4 is 0 Å². The number of nitrogens with one attached hydrogen (secondary N) is 2. The molecular weight excluding hydrogens is 368 g/mol. The minimum absolute atomic E-state index is 0.266. The van der Waals surface area contributed by atoms with Crippen molar-refractivity contribution in [2.24, 2.45) is 0 Å². The van der Waals surface area contributed by atoms with Gasteiger partial charge in [0.2, 0.25) is 0 Å². The van der Waals surface area contributed by atoms with Gasteiger partial charge in [-0.3, -0.25) is 0 Å². The summed E-state index contributed by atoms with van der Waals surface area (Å²) in [5.41, 5.74) is 8.14. The molecule has 2 N–H and O–H groups in total. The summed E-state index contributed by atoms with van der Waals surface area (Å²) in [6.07, 6.45) is 8.93. The Labute approximate surface area is 171 Å². The van der Waals surface area contributed by atoms with Crippen LogP contribution >= 0.6 is 0 Å². The van der Waals surface area contributed by atoms with Crippen LogP contribution in [0.25, 0.3) is 0 Å². The largest absolute Gasteiger partial charge is 0.461 e. The van der Waals surface area contributed by atoms with Crippen LogP contribution in [-0.2, 0) is 41.6 Å². The number of esters is 2. The summed E-state index contributed by atoms with van der Waals surface area (Å²) in [5.74, 6) is -0.532. The monoisotopic (exact) mass is 398 g/mol. The molecule has 0 fully saturated rings. The highest BCUT2D eigenvalue weighted by atomic mass is 16.5. The fourth-order valence-corrected chi connectivity index (χ4v) is 4.87. The van der Waals surface area contributed by atoms with Gasteiger partial charge in [0.15, 0.2) is 0 Å². The van der Waals surface area contributed by atoms with Crippen molar-refractivity contribution in [2.45, 2.75) is 71.6 Å². The summed E-state index contributed by atoms with van der Waals surface area (Å²) >= 11 is 0. The van der Waals surface area contributed by atoms with Crippen LogP contribution in [0.2, 0.25) is 0 Å². The second kappa shape index (κ2) is 8.47. The molecule has 6 nitrogen and oxygen atoms in total. The molecule has 0 radical (unpaired) electrons. The van der Waals surface area contributed by atoms with Gasteiger partial charge in [-0.1, -0.05) is 0 Å². The van der Waals surface area contributed by atoms with Crippen molar-refractivity contribution in [3.8, 4) is 0 Å². The normalized spacial score (nSPS) is 15.5. The second-order valence-corrected chi connectivity index (χ2v) is 7.90. The molecular formula is C23H30N2O4. The Balaban J connectivity index is 1.71.